The fourth-order valence-corrected chi connectivity index (χ4v) is 0.559. The van der Waals surface area contributed by atoms with Crippen LogP contribution in [0, 0.1) is 5.41 Å². The molecule has 0 spiro atoms. The van der Waals surface area contributed by atoms with E-state index in [1.807, 2.05) is 20.8 Å². The molecule has 0 aliphatic rings. The molecule has 0 aliphatic carbocycles. The second-order valence-electron chi connectivity index (χ2n) is 3.72. The van der Waals surface area contributed by atoms with E-state index in [0.29, 0.717) is 0 Å². The third kappa shape index (κ3) is 4.67. The minimum atomic E-state index is -0.624. The molecule has 0 aliphatic heterocycles. The quantitative estimate of drug-likeness (QED) is 0.511. The lowest BCUT2D eigenvalue weighted by Gasteiger charge is -2.25. The highest BCUT2D eigenvalue weighted by atomic mass is 32.1. The summed E-state index contributed by atoms with van der Waals surface area (Å²) in [4.78, 5) is 10.6. The number of carbonyl (C=O) groups excluding carboxylic acids is 1. The summed E-state index contributed by atoms with van der Waals surface area (Å²) in [6.07, 6.45) is -0.624. The van der Waals surface area contributed by atoms with Gasteiger partial charge in [-0.2, -0.15) is 0 Å². The summed E-state index contributed by atoms with van der Waals surface area (Å²) in [5, 5.41) is 9.43. The van der Waals surface area contributed by atoms with Crippen LogP contribution in [0.15, 0.2) is 0 Å². The highest BCUT2D eigenvalue weighted by molar-refractivity contribution is 8.09. The van der Waals surface area contributed by atoms with Gasteiger partial charge >= 0.3 is 6.56 Å². The van der Waals surface area contributed by atoms with E-state index in [2.05, 4.69) is 12.5 Å². The molecule has 70 valence electrons. The molecule has 0 aromatic heterocycles. The summed E-state index contributed by atoms with van der Waals surface area (Å²) < 4.78 is 4.71. The molecule has 0 heterocycles. The van der Waals surface area contributed by atoms with Crippen LogP contribution < -0.4 is 0 Å². The molecule has 0 rings (SSSR count). The molecule has 0 aromatic carbocycles. The van der Waals surface area contributed by atoms with Crippen molar-refractivity contribution in [2.45, 2.75) is 26.9 Å². The number of hydrogen-bond donors (Lipinski definition) is 2. The number of carbonyl (C=O) groups is 1. The Morgan fingerprint density at radius 3 is 2.50 bits per heavy atom. The van der Waals surface area contributed by atoms with Gasteiger partial charge in [0, 0.05) is 0 Å². The van der Waals surface area contributed by atoms with Crippen LogP contribution in [0.5, 0.6) is 0 Å². The second-order valence-corrected chi connectivity index (χ2v) is 4.04. The second kappa shape index (κ2) is 4.77. The van der Waals surface area contributed by atoms with Gasteiger partial charge in [-0.25, -0.2) is 12.5 Å². The Kier molecular flexibility index (Phi) is 4.71. The van der Waals surface area contributed by atoms with Crippen molar-refractivity contribution in [1.29, 1.82) is 0 Å². The van der Waals surface area contributed by atoms with Gasteiger partial charge in [-0.15, -0.1) is 0 Å². The average Bonchev–Trinajstić information content (AvgIpc) is 1.97. The Bertz CT molecular complexity index is 155. The molecule has 0 saturated carbocycles. The maximum atomic E-state index is 10.6. The molecule has 0 saturated heterocycles. The molecule has 3 nitrogen and oxygen atoms in total. The van der Waals surface area contributed by atoms with Gasteiger partial charge in [0.15, 0.2) is 0 Å². The van der Waals surface area contributed by atoms with Gasteiger partial charge in [0.2, 0.25) is 0 Å². The van der Waals surface area contributed by atoms with Gasteiger partial charge in [0.05, 0.1) is 6.10 Å². The molecule has 5 heteroatoms. The minimum Gasteiger partial charge on any atom is -0.470 e. The van der Waals surface area contributed by atoms with Crippen molar-refractivity contribution in [3.63, 3.8) is 0 Å². The van der Waals surface area contributed by atoms with Gasteiger partial charge in [0.25, 0.3) is 5.87 Å². The maximum Gasteiger partial charge on any atom is 0.322 e. The summed E-state index contributed by atoms with van der Waals surface area (Å²) in [6, 6.07) is 0. The molecule has 0 amide bonds. The zero-order chi connectivity index (χ0) is 9.78. The lowest BCUT2D eigenvalue weighted by atomic mass is 9.90. The topological polar surface area (TPSA) is 46.5 Å². The lowest BCUT2D eigenvalue weighted by Crippen LogP contribution is -2.31. The minimum absolute atomic E-state index is 0.0445. The summed E-state index contributed by atoms with van der Waals surface area (Å²) in [7, 11) is 0. The highest BCUT2D eigenvalue weighted by Crippen LogP contribution is 2.18. The molecule has 0 radical (unpaired) electrons. The smallest absolute Gasteiger partial charge is 0.322 e. The number of aliphatic hydroxyl groups is 1. The number of rotatable bonds is 3. The first-order chi connectivity index (χ1) is 5.38. The fourth-order valence-electron chi connectivity index (χ4n) is 0.468. The van der Waals surface area contributed by atoms with E-state index in [0.717, 1.165) is 0 Å². The van der Waals surface area contributed by atoms with E-state index < -0.39 is 12.0 Å². The molecule has 12 heavy (non-hydrogen) atoms. The van der Waals surface area contributed by atoms with Crippen LogP contribution in [0.4, 0.5) is 4.79 Å². The monoisotopic (exact) mass is 190 g/mol. The Hall–Kier alpha value is -0.155. The van der Waals surface area contributed by atoms with Crippen molar-refractivity contribution in [1.82, 2.24) is 0 Å². The van der Waals surface area contributed by atoms with E-state index in [1.54, 1.807) is 0 Å². The van der Waals surface area contributed by atoms with Crippen LogP contribution in [-0.2, 0) is 4.74 Å². The standard InChI is InChI=1S/C7H15BO3S/c1-7(2,3)5(9)4-11-6(10)8-12/h5,8-9,12H,4H2,1-3H3. The highest BCUT2D eigenvalue weighted by Gasteiger charge is 2.23. The predicted octanol–water partition coefficient (Wildman–Crippen LogP) is 0.811. The van der Waals surface area contributed by atoms with Crippen molar-refractivity contribution in [2.75, 3.05) is 6.61 Å². The summed E-state index contributed by atoms with van der Waals surface area (Å²) in [5.41, 5.74) is -0.253. The number of hydrogen-bond acceptors (Lipinski definition) is 4. The largest absolute Gasteiger partial charge is 0.470 e. The van der Waals surface area contributed by atoms with Gasteiger partial charge in [-0.1, -0.05) is 20.8 Å². The molecule has 1 atom stereocenters. The predicted molar refractivity (Wildman–Crippen MR) is 52.9 cm³/mol. The Balaban J connectivity index is 3.72. The molecule has 0 aromatic rings. The lowest BCUT2D eigenvalue weighted by molar-refractivity contribution is 0.00976. The molecule has 0 fully saturated rings. The number of aliphatic hydroxyl groups excluding tert-OH is 1. The van der Waals surface area contributed by atoms with Crippen LogP contribution >= 0.6 is 12.5 Å². The zero-order valence-electron chi connectivity index (χ0n) is 7.70. The maximum absolute atomic E-state index is 10.6. The van der Waals surface area contributed by atoms with Crippen LogP contribution in [0.3, 0.4) is 0 Å². The van der Waals surface area contributed by atoms with Crippen molar-refractivity contribution in [2.24, 2.45) is 5.41 Å². The van der Waals surface area contributed by atoms with Crippen LogP contribution in [0.2, 0.25) is 0 Å². The molecule has 1 N–H and O–H groups in total. The van der Waals surface area contributed by atoms with E-state index >= 15 is 0 Å². The van der Waals surface area contributed by atoms with E-state index in [1.165, 1.54) is 0 Å². The van der Waals surface area contributed by atoms with E-state index in [4.69, 9.17) is 4.74 Å². The van der Waals surface area contributed by atoms with E-state index in [-0.39, 0.29) is 18.6 Å². The first kappa shape index (κ1) is 11.8. The Labute approximate surface area is 79.0 Å². The Morgan fingerprint density at radius 2 is 2.17 bits per heavy atom. The molecular formula is C7H15BO3S. The molecule has 1 unspecified atom stereocenters. The zero-order valence-corrected chi connectivity index (χ0v) is 8.60. The molecule has 0 bridgehead atoms. The van der Waals surface area contributed by atoms with Crippen LogP contribution in [-0.4, -0.2) is 30.2 Å². The van der Waals surface area contributed by atoms with Gasteiger partial charge in [-0.3, -0.25) is 4.79 Å². The normalized spacial score (nSPS) is 13.8. The van der Waals surface area contributed by atoms with Crippen molar-refractivity contribution < 1.29 is 14.6 Å². The number of ether oxygens (including phenoxy) is 1. The first-order valence-electron chi connectivity index (χ1n) is 3.82. The Morgan fingerprint density at radius 1 is 1.67 bits per heavy atom. The number of thiol groups is 1. The SMILES string of the molecule is CC(C)(C)C(O)COC(=O)BS. The van der Waals surface area contributed by atoms with Gasteiger partial charge in [0.1, 0.15) is 6.61 Å². The third-order valence-electron chi connectivity index (χ3n) is 1.53. The van der Waals surface area contributed by atoms with Crippen LogP contribution in [0.25, 0.3) is 0 Å². The van der Waals surface area contributed by atoms with Gasteiger partial charge < -0.3 is 9.84 Å². The fraction of sp³-hybridized carbons (Fsp3) is 0.857. The van der Waals surface area contributed by atoms with E-state index in [9.17, 15) is 9.90 Å². The first-order valence-corrected chi connectivity index (χ1v) is 4.45. The third-order valence-corrected chi connectivity index (χ3v) is 1.79. The van der Waals surface area contributed by atoms with Gasteiger partial charge in [-0.05, 0) is 5.41 Å². The summed E-state index contributed by atoms with van der Waals surface area (Å²) in [6.45, 7) is 5.74. The molecular weight excluding hydrogens is 175 g/mol. The van der Waals surface area contributed by atoms with Crippen molar-refractivity contribution >= 4 is 24.9 Å². The summed E-state index contributed by atoms with van der Waals surface area (Å²) in [5.74, 6) is -0.401. The average molecular weight is 190 g/mol. The van der Waals surface area contributed by atoms with Crippen LogP contribution in [0.1, 0.15) is 20.8 Å². The summed E-state index contributed by atoms with van der Waals surface area (Å²) >= 11 is 3.73. The van der Waals surface area contributed by atoms with Crippen molar-refractivity contribution in [3.8, 4) is 0 Å². The van der Waals surface area contributed by atoms with Crippen molar-refractivity contribution in [3.05, 3.63) is 0 Å².